The average molecular weight is 250 g/mol. The minimum atomic E-state index is -0.0432. The van der Waals surface area contributed by atoms with Crippen LogP contribution in [0.25, 0.3) is 0 Å². The van der Waals surface area contributed by atoms with Gasteiger partial charge in [0.15, 0.2) is 5.78 Å². The maximum atomic E-state index is 12.0. The summed E-state index contributed by atoms with van der Waals surface area (Å²) in [5, 5.41) is 4.50. The largest absolute Gasteiger partial charge is 0.294 e. The molecule has 2 rings (SSSR count). The van der Waals surface area contributed by atoms with Crippen molar-refractivity contribution in [1.29, 1.82) is 0 Å². The highest BCUT2D eigenvalue weighted by atomic mass is 35.5. The van der Waals surface area contributed by atoms with Crippen LogP contribution >= 0.6 is 11.6 Å². The van der Waals surface area contributed by atoms with Crippen molar-refractivity contribution in [2.75, 3.05) is 0 Å². The van der Waals surface area contributed by atoms with Gasteiger partial charge >= 0.3 is 0 Å². The molecule has 0 saturated carbocycles. The monoisotopic (exact) mass is 249 g/mol. The Hall–Kier alpha value is -1.68. The number of hydrogen-bond donors (Lipinski definition) is 0. The summed E-state index contributed by atoms with van der Waals surface area (Å²) in [6.07, 6.45) is 1.68. The van der Waals surface area contributed by atoms with Gasteiger partial charge in [-0.1, -0.05) is 23.7 Å². The number of benzene rings is 1. The third-order valence-corrected chi connectivity index (χ3v) is 2.82. The number of ketones is 1. The fourth-order valence-electron chi connectivity index (χ4n) is 1.62. The van der Waals surface area contributed by atoms with Gasteiger partial charge < -0.3 is 0 Å². The molecule has 0 unspecified atom stereocenters. The first-order valence-electron chi connectivity index (χ1n) is 5.36. The van der Waals surface area contributed by atoms with E-state index in [1.165, 1.54) is 6.33 Å². The normalized spacial score (nSPS) is 10.5. The van der Waals surface area contributed by atoms with Crippen molar-refractivity contribution in [3.63, 3.8) is 0 Å². The zero-order valence-electron chi connectivity index (χ0n) is 9.43. The number of hydrogen-bond acceptors (Lipinski definition) is 3. The van der Waals surface area contributed by atoms with Gasteiger partial charge in [-0.3, -0.25) is 4.79 Å². The standard InChI is InChI=1S/C12H12ClN3O/c1-2-16-12(14-8-15-16)7-11(17)9-5-3-4-6-10(9)13/h3-6,8H,2,7H2,1H3. The molecule has 5 heteroatoms. The van der Waals surface area contributed by atoms with Crippen molar-refractivity contribution in [2.24, 2.45) is 0 Å². The summed E-state index contributed by atoms with van der Waals surface area (Å²) in [4.78, 5) is 16.1. The lowest BCUT2D eigenvalue weighted by molar-refractivity contribution is 0.0989. The molecule has 1 aromatic heterocycles. The molecule has 0 aliphatic rings. The van der Waals surface area contributed by atoms with E-state index in [1.54, 1.807) is 28.9 Å². The van der Waals surface area contributed by atoms with Crippen LogP contribution in [-0.4, -0.2) is 20.5 Å². The van der Waals surface area contributed by atoms with Crippen molar-refractivity contribution in [3.8, 4) is 0 Å². The van der Waals surface area contributed by atoms with Crippen LogP contribution in [0.15, 0.2) is 30.6 Å². The second-order valence-electron chi connectivity index (χ2n) is 3.57. The smallest absolute Gasteiger partial charge is 0.171 e. The Labute approximate surface area is 104 Å². The Kier molecular flexibility index (Phi) is 3.54. The van der Waals surface area contributed by atoms with Gasteiger partial charge in [0.05, 0.1) is 11.4 Å². The summed E-state index contributed by atoms with van der Waals surface area (Å²) in [7, 11) is 0. The van der Waals surface area contributed by atoms with Gasteiger partial charge in [0.2, 0.25) is 0 Å². The van der Waals surface area contributed by atoms with Crippen molar-refractivity contribution < 1.29 is 4.79 Å². The lowest BCUT2D eigenvalue weighted by Gasteiger charge is -2.04. The molecule has 17 heavy (non-hydrogen) atoms. The quantitative estimate of drug-likeness (QED) is 0.782. The van der Waals surface area contributed by atoms with E-state index in [0.717, 1.165) is 0 Å². The highest BCUT2D eigenvalue weighted by Gasteiger charge is 2.13. The lowest BCUT2D eigenvalue weighted by Crippen LogP contribution is -2.11. The van der Waals surface area contributed by atoms with Crippen LogP contribution in [0.1, 0.15) is 23.1 Å². The molecule has 0 aliphatic heterocycles. The Morgan fingerprint density at radius 1 is 1.41 bits per heavy atom. The zero-order valence-corrected chi connectivity index (χ0v) is 10.2. The van der Waals surface area contributed by atoms with E-state index in [2.05, 4.69) is 10.1 Å². The van der Waals surface area contributed by atoms with Gasteiger partial charge in [0, 0.05) is 12.1 Å². The van der Waals surface area contributed by atoms with E-state index in [0.29, 0.717) is 23.0 Å². The molecule has 0 spiro atoms. The first kappa shape index (κ1) is 11.8. The van der Waals surface area contributed by atoms with E-state index < -0.39 is 0 Å². The maximum absolute atomic E-state index is 12.0. The third kappa shape index (κ3) is 2.53. The number of aromatic nitrogens is 3. The fourth-order valence-corrected chi connectivity index (χ4v) is 1.86. The predicted molar refractivity (Wildman–Crippen MR) is 65.2 cm³/mol. The summed E-state index contributed by atoms with van der Waals surface area (Å²) in [6, 6.07) is 7.02. The van der Waals surface area contributed by atoms with Crippen molar-refractivity contribution in [1.82, 2.24) is 14.8 Å². The van der Waals surface area contributed by atoms with Crippen LogP contribution in [0.5, 0.6) is 0 Å². The number of rotatable bonds is 4. The molecule has 0 saturated heterocycles. The van der Waals surface area contributed by atoms with E-state index in [-0.39, 0.29) is 12.2 Å². The maximum Gasteiger partial charge on any atom is 0.171 e. The average Bonchev–Trinajstić information content (AvgIpc) is 2.76. The van der Waals surface area contributed by atoms with Gasteiger partial charge in [-0.25, -0.2) is 9.67 Å². The molecule has 0 aliphatic carbocycles. The molecule has 88 valence electrons. The van der Waals surface area contributed by atoms with E-state index in [4.69, 9.17) is 11.6 Å². The summed E-state index contributed by atoms with van der Waals surface area (Å²) in [6.45, 7) is 2.66. The van der Waals surface area contributed by atoms with Crippen LogP contribution in [0.2, 0.25) is 5.02 Å². The van der Waals surface area contributed by atoms with Gasteiger partial charge in [-0.05, 0) is 19.1 Å². The van der Waals surface area contributed by atoms with Crippen LogP contribution in [-0.2, 0) is 13.0 Å². The van der Waals surface area contributed by atoms with Crippen molar-refractivity contribution in [3.05, 3.63) is 47.0 Å². The first-order valence-corrected chi connectivity index (χ1v) is 5.74. The Morgan fingerprint density at radius 2 is 2.18 bits per heavy atom. The number of aryl methyl sites for hydroxylation is 1. The molecule has 1 aromatic carbocycles. The zero-order chi connectivity index (χ0) is 12.3. The van der Waals surface area contributed by atoms with Gasteiger partial charge in [-0.15, -0.1) is 0 Å². The highest BCUT2D eigenvalue weighted by Crippen LogP contribution is 2.16. The molecule has 0 N–H and O–H groups in total. The molecule has 2 aromatic rings. The molecule has 1 heterocycles. The molecule has 0 amide bonds. The lowest BCUT2D eigenvalue weighted by atomic mass is 10.1. The molecule has 4 nitrogen and oxygen atoms in total. The minimum absolute atomic E-state index is 0.0432. The van der Waals surface area contributed by atoms with Crippen LogP contribution in [0.3, 0.4) is 0 Å². The summed E-state index contributed by atoms with van der Waals surface area (Å²) in [5.74, 6) is 0.621. The molecule has 0 bridgehead atoms. The van der Waals surface area contributed by atoms with Crippen molar-refractivity contribution in [2.45, 2.75) is 19.9 Å². The van der Waals surface area contributed by atoms with E-state index >= 15 is 0 Å². The first-order chi connectivity index (χ1) is 8.22. The van der Waals surface area contributed by atoms with Gasteiger partial charge in [0.1, 0.15) is 12.2 Å². The Bertz CT molecular complexity index is 536. The van der Waals surface area contributed by atoms with Crippen LogP contribution < -0.4 is 0 Å². The fraction of sp³-hybridized carbons (Fsp3) is 0.250. The minimum Gasteiger partial charge on any atom is -0.294 e. The second-order valence-corrected chi connectivity index (χ2v) is 3.98. The molecular weight excluding hydrogens is 238 g/mol. The molecule has 0 fully saturated rings. The Morgan fingerprint density at radius 3 is 2.88 bits per heavy atom. The summed E-state index contributed by atoms with van der Waals surface area (Å²) >= 11 is 5.97. The topological polar surface area (TPSA) is 47.8 Å². The third-order valence-electron chi connectivity index (χ3n) is 2.49. The number of carbonyl (C=O) groups is 1. The molecular formula is C12H12ClN3O. The number of halogens is 1. The summed E-state index contributed by atoms with van der Waals surface area (Å²) < 4.78 is 1.70. The number of nitrogens with zero attached hydrogens (tertiary/aromatic N) is 3. The molecule has 0 atom stereocenters. The SMILES string of the molecule is CCn1ncnc1CC(=O)c1ccccc1Cl. The number of Topliss-reactive ketones (excluding diaryl/α,β-unsaturated/α-hetero) is 1. The highest BCUT2D eigenvalue weighted by molar-refractivity contribution is 6.34. The van der Waals surface area contributed by atoms with Crippen LogP contribution in [0, 0.1) is 0 Å². The Balaban J connectivity index is 2.20. The predicted octanol–water partition coefficient (Wildman–Crippen LogP) is 2.38. The van der Waals surface area contributed by atoms with Crippen molar-refractivity contribution >= 4 is 17.4 Å². The van der Waals surface area contributed by atoms with Gasteiger partial charge in [0.25, 0.3) is 0 Å². The van der Waals surface area contributed by atoms with E-state index in [1.807, 2.05) is 6.92 Å². The van der Waals surface area contributed by atoms with Crippen LogP contribution in [0.4, 0.5) is 0 Å². The summed E-state index contributed by atoms with van der Waals surface area (Å²) in [5.41, 5.74) is 0.528. The van der Waals surface area contributed by atoms with E-state index in [9.17, 15) is 4.79 Å². The molecule has 0 radical (unpaired) electrons. The number of carbonyl (C=O) groups excluding carboxylic acids is 1. The second kappa shape index (κ2) is 5.10. The van der Waals surface area contributed by atoms with Gasteiger partial charge in [-0.2, -0.15) is 5.10 Å².